The summed E-state index contributed by atoms with van der Waals surface area (Å²) in [6.45, 7) is 0. The highest BCUT2D eigenvalue weighted by atomic mass is 16.6. The molecule has 0 saturated heterocycles. The minimum Gasteiger partial charge on any atom is -0.441 e. The van der Waals surface area contributed by atoms with Crippen molar-refractivity contribution in [3.63, 3.8) is 0 Å². The molecule has 3 rings (SSSR count). The van der Waals surface area contributed by atoms with Gasteiger partial charge in [-0.1, -0.05) is 0 Å². The molecule has 0 spiro atoms. The molecule has 1 aliphatic carbocycles. The molecule has 98 valence electrons. The summed E-state index contributed by atoms with van der Waals surface area (Å²) in [4.78, 5) is 14.3. The molecule has 0 atom stereocenters. The van der Waals surface area contributed by atoms with Gasteiger partial charge in [-0.15, -0.1) is 0 Å². The fraction of sp³-hybridized carbons (Fsp3) is 0.308. The summed E-state index contributed by atoms with van der Waals surface area (Å²) in [6.07, 6.45) is 7.45. The standard InChI is InChI=1S/C13H12N2O4/c16-15(17)13-8-6-9(18-13)5-7-12-14-10-3-1-2-4-11(10)19-12/h5-8H,1-4H2/b7-5+. The van der Waals surface area contributed by atoms with Crippen LogP contribution in [0.3, 0.4) is 0 Å². The second-order valence-electron chi connectivity index (χ2n) is 4.40. The monoisotopic (exact) mass is 260 g/mol. The molecule has 19 heavy (non-hydrogen) atoms. The largest absolute Gasteiger partial charge is 0.441 e. The van der Waals surface area contributed by atoms with Gasteiger partial charge in [0, 0.05) is 12.5 Å². The zero-order valence-electron chi connectivity index (χ0n) is 10.2. The molecule has 0 radical (unpaired) electrons. The zero-order valence-corrected chi connectivity index (χ0v) is 10.2. The number of hydrogen-bond donors (Lipinski definition) is 0. The first-order valence-corrected chi connectivity index (χ1v) is 6.13. The van der Waals surface area contributed by atoms with Crippen LogP contribution < -0.4 is 0 Å². The van der Waals surface area contributed by atoms with E-state index in [0.29, 0.717) is 11.7 Å². The van der Waals surface area contributed by atoms with Gasteiger partial charge in [-0.2, -0.15) is 0 Å². The number of rotatable bonds is 3. The predicted octanol–water partition coefficient (Wildman–Crippen LogP) is 3.23. The predicted molar refractivity (Wildman–Crippen MR) is 67.4 cm³/mol. The molecule has 0 N–H and O–H groups in total. The van der Waals surface area contributed by atoms with Gasteiger partial charge < -0.3 is 8.83 Å². The van der Waals surface area contributed by atoms with Crippen LogP contribution >= 0.6 is 0 Å². The average molecular weight is 260 g/mol. The van der Waals surface area contributed by atoms with Crippen LogP contribution in [0.15, 0.2) is 21.0 Å². The first kappa shape index (κ1) is 11.7. The topological polar surface area (TPSA) is 82.3 Å². The molecule has 2 aromatic rings. The summed E-state index contributed by atoms with van der Waals surface area (Å²) >= 11 is 0. The van der Waals surface area contributed by atoms with E-state index in [1.807, 2.05) is 0 Å². The Bertz CT molecular complexity index is 615. The Morgan fingerprint density at radius 3 is 2.79 bits per heavy atom. The summed E-state index contributed by atoms with van der Waals surface area (Å²) in [7, 11) is 0. The molecule has 2 aromatic heterocycles. The van der Waals surface area contributed by atoms with E-state index in [1.165, 1.54) is 12.1 Å². The molecule has 6 nitrogen and oxygen atoms in total. The lowest BCUT2D eigenvalue weighted by Gasteiger charge is -2.05. The van der Waals surface area contributed by atoms with Gasteiger partial charge in [-0.3, -0.25) is 10.1 Å². The van der Waals surface area contributed by atoms with Crippen molar-refractivity contribution in [2.75, 3.05) is 0 Å². The fourth-order valence-corrected chi connectivity index (χ4v) is 2.13. The van der Waals surface area contributed by atoms with Gasteiger partial charge in [0.2, 0.25) is 5.89 Å². The Balaban J connectivity index is 1.78. The molecule has 1 aliphatic rings. The van der Waals surface area contributed by atoms with Gasteiger partial charge in [0.05, 0.1) is 11.8 Å². The van der Waals surface area contributed by atoms with Crippen molar-refractivity contribution in [1.29, 1.82) is 0 Å². The van der Waals surface area contributed by atoms with Crippen molar-refractivity contribution in [3.8, 4) is 0 Å². The number of nitro groups is 1. The van der Waals surface area contributed by atoms with Crippen molar-refractivity contribution in [2.45, 2.75) is 25.7 Å². The van der Waals surface area contributed by atoms with Crippen molar-refractivity contribution in [2.24, 2.45) is 0 Å². The summed E-state index contributed by atoms with van der Waals surface area (Å²) in [6, 6.07) is 2.86. The van der Waals surface area contributed by atoms with E-state index in [1.54, 1.807) is 12.2 Å². The number of furan rings is 1. The normalized spacial score (nSPS) is 14.7. The summed E-state index contributed by atoms with van der Waals surface area (Å²) in [5.74, 6) is 1.61. The maximum atomic E-state index is 10.5. The highest BCUT2D eigenvalue weighted by Crippen LogP contribution is 2.23. The van der Waals surface area contributed by atoms with E-state index in [-0.39, 0.29) is 5.88 Å². The first-order valence-electron chi connectivity index (χ1n) is 6.13. The second-order valence-corrected chi connectivity index (χ2v) is 4.40. The van der Waals surface area contributed by atoms with E-state index in [2.05, 4.69) is 4.98 Å². The Labute approximate surface area is 108 Å². The van der Waals surface area contributed by atoms with Crippen LogP contribution in [0.5, 0.6) is 0 Å². The Kier molecular flexibility index (Phi) is 2.91. The maximum Gasteiger partial charge on any atom is 0.433 e. The highest BCUT2D eigenvalue weighted by Gasteiger charge is 2.16. The number of oxazole rings is 1. The quantitative estimate of drug-likeness (QED) is 0.625. The third-order valence-electron chi connectivity index (χ3n) is 3.04. The van der Waals surface area contributed by atoms with E-state index >= 15 is 0 Å². The van der Waals surface area contributed by atoms with Gasteiger partial charge in [0.15, 0.2) is 0 Å². The molecule has 6 heteroatoms. The molecular weight excluding hydrogens is 248 g/mol. The second kappa shape index (κ2) is 4.72. The first-order chi connectivity index (χ1) is 9.22. The van der Waals surface area contributed by atoms with Crippen LogP contribution in [0.4, 0.5) is 5.88 Å². The smallest absolute Gasteiger partial charge is 0.433 e. The lowest BCUT2D eigenvalue weighted by atomic mass is 10.0. The fourth-order valence-electron chi connectivity index (χ4n) is 2.13. The van der Waals surface area contributed by atoms with Crippen LogP contribution in [0.2, 0.25) is 0 Å². The molecule has 0 amide bonds. The summed E-state index contributed by atoms with van der Waals surface area (Å²) < 4.78 is 10.6. The molecule has 0 fully saturated rings. The van der Waals surface area contributed by atoms with Gasteiger partial charge in [-0.25, -0.2) is 4.98 Å². The summed E-state index contributed by atoms with van der Waals surface area (Å²) in [5.41, 5.74) is 1.02. The van der Waals surface area contributed by atoms with Crippen LogP contribution in [-0.4, -0.2) is 9.91 Å². The van der Waals surface area contributed by atoms with Crippen LogP contribution in [0, 0.1) is 10.1 Å². The third kappa shape index (κ3) is 2.42. The van der Waals surface area contributed by atoms with Gasteiger partial charge in [0.25, 0.3) is 0 Å². The Morgan fingerprint density at radius 1 is 1.21 bits per heavy atom. The number of nitrogens with zero attached hydrogens (tertiary/aromatic N) is 2. The molecule has 0 unspecified atom stereocenters. The Hall–Kier alpha value is -2.37. The van der Waals surface area contributed by atoms with Gasteiger partial charge in [0.1, 0.15) is 16.4 Å². The van der Waals surface area contributed by atoms with Crippen molar-refractivity contribution in [3.05, 3.63) is 45.4 Å². The number of hydrogen-bond acceptors (Lipinski definition) is 5. The molecule has 0 bridgehead atoms. The lowest BCUT2D eigenvalue weighted by molar-refractivity contribution is -0.402. The molecule has 0 saturated carbocycles. The number of aryl methyl sites for hydroxylation is 2. The van der Waals surface area contributed by atoms with Crippen molar-refractivity contribution >= 4 is 18.0 Å². The minimum atomic E-state index is -0.568. The summed E-state index contributed by atoms with van der Waals surface area (Å²) in [5, 5.41) is 10.5. The maximum absolute atomic E-state index is 10.5. The molecular formula is C13H12N2O4. The Morgan fingerprint density at radius 2 is 2.05 bits per heavy atom. The van der Waals surface area contributed by atoms with Crippen LogP contribution in [-0.2, 0) is 12.8 Å². The van der Waals surface area contributed by atoms with Gasteiger partial charge >= 0.3 is 5.88 Å². The van der Waals surface area contributed by atoms with Crippen LogP contribution in [0.1, 0.15) is 35.9 Å². The van der Waals surface area contributed by atoms with E-state index < -0.39 is 4.92 Å². The lowest BCUT2D eigenvalue weighted by Crippen LogP contribution is -1.99. The highest BCUT2D eigenvalue weighted by molar-refractivity contribution is 5.63. The minimum absolute atomic E-state index is 0.272. The van der Waals surface area contributed by atoms with E-state index in [4.69, 9.17) is 8.83 Å². The number of fused-ring (bicyclic) bond motifs is 1. The SMILES string of the molecule is O=[N+]([O-])c1ccc(/C=C/c2nc3c(o2)CCCC3)o1. The van der Waals surface area contributed by atoms with E-state index in [9.17, 15) is 10.1 Å². The van der Waals surface area contributed by atoms with Crippen molar-refractivity contribution < 1.29 is 13.8 Å². The molecule has 0 aliphatic heterocycles. The average Bonchev–Trinajstić information content (AvgIpc) is 3.02. The van der Waals surface area contributed by atoms with Gasteiger partial charge in [-0.05, 0) is 31.4 Å². The molecule has 2 heterocycles. The van der Waals surface area contributed by atoms with E-state index in [0.717, 1.165) is 37.1 Å². The zero-order chi connectivity index (χ0) is 13.2. The van der Waals surface area contributed by atoms with Crippen molar-refractivity contribution in [1.82, 2.24) is 4.98 Å². The third-order valence-corrected chi connectivity index (χ3v) is 3.04. The van der Waals surface area contributed by atoms with Crippen LogP contribution in [0.25, 0.3) is 12.2 Å². The number of aromatic nitrogens is 1. The molecule has 0 aromatic carbocycles.